The van der Waals surface area contributed by atoms with E-state index in [0.29, 0.717) is 0 Å². The average molecular weight is 274 g/mol. The summed E-state index contributed by atoms with van der Waals surface area (Å²) in [6, 6.07) is 8.69. The molecule has 100 valence electrons. The van der Waals surface area contributed by atoms with Crippen molar-refractivity contribution in [3.8, 4) is 0 Å². The molecule has 1 saturated heterocycles. The van der Waals surface area contributed by atoms with Crippen LogP contribution in [-0.2, 0) is 6.54 Å². The van der Waals surface area contributed by atoms with Crippen LogP contribution in [0.5, 0.6) is 0 Å². The first-order chi connectivity index (χ1) is 9.42. The zero-order chi connectivity index (χ0) is 12.9. The summed E-state index contributed by atoms with van der Waals surface area (Å²) in [5, 5.41) is 9.35. The van der Waals surface area contributed by atoms with E-state index in [4.69, 9.17) is 0 Å². The van der Waals surface area contributed by atoms with Crippen LogP contribution in [0.2, 0.25) is 0 Å². The van der Waals surface area contributed by atoms with Gasteiger partial charge in [0.25, 0.3) is 0 Å². The van der Waals surface area contributed by atoms with Crippen LogP contribution in [-0.4, -0.2) is 22.7 Å². The molecule has 3 rings (SSSR count). The third-order valence-electron chi connectivity index (χ3n) is 3.47. The van der Waals surface area contributed by atoms with Crippen molar-refractivity contribution in [2.24, 2.45) is 0 Å². The molecule has 19 heavy (non-hydrogen) atoms. The lowest BCUT2D eigenvalue weighted by Crippen LogP contribution is -2.29. The van der Waals surface area contributed by atoms with Crippen LogP contribution in [0, 0.1) is 0 Å². The number of anilines is 2. The minimum absolute atomic E-state index is 0.736. The summed E-state index contributed by atoms with van der Waals surface area (Å²) < 4.78 is 3.85. The molecule has 2 heterocycles. The normalized spacial score (nSPS) is 15.5. The second-order valence-electron chi connectivity index (χ2n) is 4.84. The van der Waals surface area contributed by atoms with Crippen molar-refractivity contribution in [3.63, 3.8) is 0 Å². The standard InChI is InChI=1S/C14H18N4S/c1-2-8-18(9-3-1)14-6-4-12(5-7-14)15-10-13-11-19-17-16-13/h4-7,11,15H,1-3,8-10H2. The molecule has 1 aliphatic rings. The third-order valence-corrected chi connectivity index (χ3v) is 4.02. The Bertz CT molecular complexity index is 489. The van der Waals surface area contributed by atoms with Crippen molar-refractivity contribution < 1.29 is 0 Å². The number of aromatic nitrogens is 2. The van der Waals surface area contributed by atoms with Gasteiger partial charge in [-0.2, -0.15) is 0 Å². The molecule has 1 aromatic heterocycles. The molecule has 1 aliphatic heterocycles. The first kappa shape index (κ1) is 12.4. The predicted molar refractivity (Wildman–Crippen MR) is 79.7 cm³/mol. The smallest absolute Gasteiger partial charge is 0.0946 e. The topological polar surface area (TPSA) is 41.0 Å². The van der Waals surface area contributed by atoms with Gasteiger partial charge in [-0.05, 0) is 55.1 Å². The van der Waals surface area contributed by atoms with E-state index in [1.165, 1.54) is 49.6 Å². The number of hydrogen-bond acceptors (Lipinski definition) is 5. The number of nitrogens with zero attached hydrogens (tertiary/aromatic N) is 3. The van der Waals surface area contributed by atoms with Crippen LogP contribution in [0.25, 0.3) is 0 Å². The summed E-state index contributed by atoms with van der Waals surface area (Å²) in [4.78, 5) is 2.47. The van der Waals surface area contributed by atoms with Gasteiger partial charge in [0.05, 0.1) is 12.2 Å². The minimum atomic E-state index is 0.736. The zero-order valence-corrected chi connectivity index (χ0v) is 11.7. The van der Waals surface area contributed by atoms with Gasteiger partial charge in [0.1, 0.15) is 0 Å². The van der Waals surface area contributed by atoms with Gasteiger partial charge in [-0.3, -0.25) is 0 Å². The highest BCUT2D eigenvalue weighted by Gasteiger charge is 2.10. The Morgan fingerprint density at radius 2 is 1.89 bits per heavy atom. The molecule has 0 radical (unpaired) electrons. The van der Waals surface area contributed by atoms with Crippen LogP contribution in [0.3, 0.4) is 0 Å². The van der Waals surface area contributed by atoms with Crippen molar-refractivity contribution in [2.75, 3.05) is 23.3 Å². The Morgan fingerprint density at radius 3 is 2.58 bits per heavy atom. The highest BCUT2D eigenvalue weighted by atomic mass is 32.1. The Labute approximate surface area is 117 Å². The fourth-order valence-electron chi connectivity index (χ4n) is 2.40. The van der Waals surface area contributed by atoms with Gasteiger partial charge < -0.3 is 10.2 Å². The highest BCUT2D eigenvalue weighted by molar-refractivity contribution is 7.03. The molecular formula is C14H18N4S. The summed E-state index contributed by atoms with van der Waals surface area (Å²) in [5.41, 5.74) is 3.46. The quantitative estimate of drug-likeness (QED) is 0.930. The lowest BCUT2D eigenvalue weighted by atomic mass is 10.1. The maximum atomic E-state index is 4.02. The van der Waals surface area contributed by atoms with Crippen molar-refractivity contribution >= 4 is 22.9 Å². The Balaban J connectivity index is 1.58. The maximum Gasteiger partial charge on any atom is 0.0946 e. The summed E-state index contributed by atoms with van der Waals surface area (Å²) >= 11 is 1.39. The molecule has 0 amide bonds. The molecule has 0 spiro atoms. The van der Waals surface area contributed by atoms with E-state index in [1.54, 1.807) is 0 Å². The fraction of sp³-hybridized carbons (Fsp3) is 0.429. The van der Waals surface area contributed by atoms with Crippen LogP contribution < -0.4 is 10.2 Å². The van der Waals surface area contributed by atoms with Gasteiger partial charge in [0, 0.05) is 29.8 Å². The lowest BCUT2D eigenvalue weighted by Gasteiger charge is -2.28. The molecule has 2 aromatic rings. The van der Waals surface area contributed by atoms with Crippen molar-refractivity contribution in [3.05, 3.63) is 35.3 Å². The average Bonchev–Trinajstić information content (AvgIpc) is 3.00. The molecule has 0 atom stereocenters. The Hall–Kier alpha value is -1.62. The Morgan fingerprint density at radius 1 is 1.11 bits per heavy atom. The van der Waals surface area contributed by atoms with Gasteiger partial charge in [-0.15, -0.1) is 5.10 Å². The summed E-state index contributed by atoms with van der Waals surface area (Å²) in [5.74, 6) is 0. The SMILES string of the molecule is c1cc(N2CCCCC2)ccc1NCc1csnn1. The number of rotatable bonds is 4. The van der Waals surface area contributed by atoms with E-state index < -0.39 is 0 Å². The minimum Gasteiger partial charge on any atom is -0.379 e. The molecule has 1 aromatic carbocycles. The molecule has 0 bridgehead atoms. The maximum absolute atomic E-state index is 4.02. The second kappa shape index (κ2) is 6.02. The van der Waals surface area contributed by atoms with E-state index in [0.717, 1.165) is 17.9 Å². The van der Waals surface area contributed by atoms with Crippen molar-refractivity contribution in [1.29, 1.82) is 0 Å². The number of benzene rings is 1. The predicted octanol–water partition coefficient (Wildman–Crippen LogP) is 3.14. The van der Waals surface area contributed by atoms with Gasteiger partial charge in [0.15, 0.2) is 0 Å². The van der Waals surface area contributed by atoms with E-state index >= 15 is 0 Å². The Kier molecular flexibility index (Phi) is 3.93. The van der Waals surface area contributed by atoms with E-state index in [2.05, 4.69) is 44.1 Å². The molecule has 4 nitrogen and oxygen atoms in total. The highest BCUT2D eigenvalue weighted by Crippen LogP contribution is 2.21. The van der Waals surface area contributed by atoms with Gasteiger partial charge in [-0.25, -0.2) is 0 Å². The molecule has 5 heteroatoms. The van der Waals surface area contributed by atoms with Crippen LogP contribution in [0.4, 0.5) is 11.4 Å². The molecular weight excluding hydrogens is 256 g/mol. The molecule has 1 N–H and O–H groups in total. The van der Waals surface area contributed by atoms with Gasteiger partial charge in [0.2, 0.25) is 0 Å². The van der Waals surface area contributed by atoms with E-state index in [1.807, 2.05) is 5.38 Å². The zero-order valence-electron chi connectivity index (χ0n) is 10.9. The molecule has 0 saturated carbocycles. The van der Waals surface area contributed by atoms with E-state index in [-0.39, 0.29) is 0 Å². The lowest BCUT2D eigenvalue weighted by molar-refractivity contribution is 0.578. The summed E-state index contributed by atoms with van der Waals surface area (Å²) in [7, 11) is 0. The molecule has 0 aliphatic carbocycles. The second-order valence-corrected chi connectivity index (χ2v) is 5.45. The van der Waals surface area contributed by atoms with Gasteiger partial charge >= 0.3 is 0 Å². The van der Waals surface area contributed by atoms with Crippen molar-refractivity contribution in [1.82, 2.24) is 9.59 Å². The van der Waals surface area contributed by atoms with Crippen LogP contribution in [0.15, 0.2) is 29.6 Å². The molecule has 1 fully saturated rings. The molecule has 0 unspecified atom stereocenters. The third kappa shape index (κ3) is 3.23. The van der Waals surface area contributed by atoms with Crippen molar-refractivity contribution in [2.45, 2.75) is 25.8 Å². The van der Waals surface area contributed by atoms with Crippen LogP contribution >= 0.6 is 11.5 Å². The van der Waals surface area contributed by atoms with E-state index in [9.17, 15) is 0 Å². The van der Waals surface area contributed by atoms with Crippen LogP contribution in [0.1, 0.15) is 25.0 Å². The number of nitrogens with one attached hydrogen (secondary N) is 1. The number of piperidine rings is 1. The fourth-order valence-corrected chi connectivity index (χ4v) is 2.85. The summed E-state index contributed by atoms with van der Waals surface area (Å²) in [6.07, 6.45) is 4.01. The first-order valence-corrected chi connectivity index (χ1v) is 7.60. The first-order valence-electron chi connectivity index (χ1n) is 6.77. The number of hydrogen-bond donors (Lipinski definition) is 1. The van der Waals surface area contributed by atoms with Gasteiger partial charge in [-0.1, -0.05) is 4.49 Å². The monoisotopic (exact) mass is 274 g/mol. The summed E-state index contributed by atoms with van der Waals surface area (Å²) in [6.45, 7) is 3.12. The largest absolute Gasteiger partial charge is 0.379 e.